The van der Waals surface area contributed by atoms with Crippen molar-refractivity contribution in [2.45, 2.75) is 64.0 Å². The van der Waals surface area contributed by atoms with Gasteiger partial charge in [-0.2, -0.15) is 26.3 Å². The molecule has 2 aromatic rings. The van der Waals surface area contributed by atoms with Crippen molar-refractivity contribution in [3.8, 4) is 0 Å². The number of para-hydroxylation sites is 2. The van der Waals surface area contributed by atoms with Crippen LogP contribution in [-0.4, -0.2) is 47.8 Å². The molecular formula is C30H24F6N2O4. The number of carbonyl (C=O) groups is 4. The van der Waals surface area contributed by atoms with Gasteiger partial charge in [0.2, 0.25) is 0 Å². The fourth-order valence-corrected chi connectivity index (χ4v) is 6.07. The second-order valence-corrected chi connectivity index (χ2v) is 10.7. The van der Waals surface area contributed by atoms with Crippen LogP contribution < -0.4 is 9.80 Å². The summed E-state index contributed by atoms with van der Waals surface area (Å²) in [6, 6.07) is 9.60. The first-order valence-electron chi connectivity index (χ1n) is 13.1. The molecule has 2 aromatic carbocycles. The van der Waals surface area contributed by atoms with Gasteiger partial charge < -0.3 is 9.80 Å². The fourth-order valence-electron chi connectivity index (χ4n) is 6.07. The molecule has 42 heavy (non-hydrogen) atoms. The number of allylic oxidation sites excluding steroid dienone is 2. The Bertz CT molecular complexity index is 1470. The molecule has 4 aliphatic heterocycles. The molecule has 2 amide bonds. The minimum Gasteiger partial charge on any atom is -0.304 e. The molecule has 0 saturated carbocycles. The van der Waals surface area contributed by atoms with Crippen LogP contribution in [0.1, 0.15) is 35.1 Å². The maximum absolute atomic E-state index is 13.0. The number of carbonyl (C=O) groups excluding carboxylic acids is 4. The standard InChI is InChI=1S/2C15H12F3NO2/c2*1-8-3-2-4-9-5-10-6-11(20)7-12(15(16,17)18)14(21)19(10)13(8)9/h2*2-4,7,10H,5-6H2,1H3/t2*10-/m00/s1. The first-order chi connectivity index (χ1) is 19.6. The van der Waals surface area contributed by atoms with Crippen LogP contribution in [0.4, 0.5) is 37.7 Å². The number of fused-ring (bicyclic) bond motifs is 6. The van der Waals surface area contributed by atoms with Gasteiger partial charge in [-0.25, -0.2) is 0 Å². The molecule has 0 N–H and O–H groups in total. The third kappa shape index (κ3) is 5.14. The molecule has 0 bridgehead atoms. The maximum Gasteiger partial charge on any atom is 0.421 e. The molecule has 6 nitrogen and oxygen atoms in total. The first kappa shape index (κ1) is 29.3. The summed E-state index contributed by atoms with van der Waals surface area (Å²) < 4.78 is 78.1. The quantitative estimate of drug-likeness (QED) is 0.384. The lowest BCUT2D eigenvalue weighted by molar-refractivity contribution is -0.130. The van der Waals surface area contributed by atoms with E-state index in [0.717, 1.165) is 32.1 Å². The van der Waals surface area contributed by atoms with Gasteiger partial charge in [0.05, 0.1) is 11.4 Å². The summed E-state index contributed by atoms with van der Waals surface area (Å²) in [5.74, 6) is -3.58. The zero-order valence-corrected chi connectivity index (χ0v) is 22.4. The Morgan fingerprint density at radius 3 is 1.29 bits per heavy atom. The van der Waals surface area contributed by atoms with Gasteiger partial charge in [0.1, 0.15) is 11.1 Å². The normalized spacial score (nSPS) is 21.8. The third-order valence-corrected chi connectivity index (χ3v) is 7.76. The summed E-state index contributed by atoms with van der Waals surface area (Å²) in [5, 5.41) is 0. The molecular weight excluding hydrogens is 566 g/mol. The summed E-state index contributed by atoms with van der Waals surface area (Å²) >= 11 is 0. The van der Waals surface area contributed by atoms with Gasteiger partial charge in [-0.15, -0.1) is 0 Å². The highest BCUT2D eigenvalue weighted by molar-refractivity contribution is 6.15. The highest BCUT2D eigenvalue weighted by Crippen LogP contribution is 2.42. The predicted octanol–water partition coefficient (Wildman–Crippen LogP) is 5.43. The molecule has 0 aromatic heterocycles. The zero-order valence-electron chi connectivity index (χ0n) is 22.4. The van der Waals surface area contributed by atoms with E-state index in [4.69, 9.17) is 0 Å². The number of benzene rings is 2. The Morgan fingerprint density at radius 1 is 0.595 bits per heavy atom. The van der Waals surface area contributed by atoms with Gasteiger partial charge >= 0.3 is 12.4 Å². The highest BCUT2D eigenvalue weighted by atomic mass is 19.4. The van der Waals surface area contributed by atoms with Crippen LogP contribution in [0.3, 0.4) is 0 Å². The van der Waals surface area contributed by atoms with Gasteiger partial charge in [-0.05, 0) is 61.1 Å². The van der Waals surface area contributed by atoms with Crippen LogP contribution in [0.5, 0.6) is 0 Å². The summed E-state index contributed by atoms with van der Waals surface area (Å²) in [7, 11) is 0. The second-order valence-electron chi connectivity index (χ2n) is 10.7. The Kier molecular flexibility index (Phi) is 7.14. The number of hydrogen-bond donors (Lipinski definition) is 0. The van der Waals surface area contributed by atoms with E-state index in [-0.39, 0.29) is 12.8 Å². The monoisotopic (exact) mass is 590 g/mol. The summed E-state index contributed by atoms with van der Waals surface area (Å²) in [5.41, 5.74) is 1.35. The van der Waals surface area contributed by atoms with Crippen molar-refractivity contribution in [3.05, 3.63) is 82.0 Å². The third-order valence-electron chi connectivity index (χ3n) is 7.76. The topological polar surface area (TPSA) is 74.8 Å². The summed E-state index contributed by atoms with van der Waals surface area (Å²) in [6.07, 6.45) is -8.11. The van der Waals surface area contributed by atoms with Crippen LogP contribution in [-0.2, 0) is 32.0 Å². The molecule has 2 atom stereocenters. The molecule has 0 saturated heterocycles. The number of alkyl halides is 6. The minimum absolute atomic E-state index is 0.0839. The highest BCUT2D eigenvalue weighted by Gasteiger charge is 2.49. The van der Waals surface area contributed by atoms with E-state index in [1.165, 1.54) is 0 Å². The Balaban J connectivity index is 0.000000168. The van der Waals surface area contributed by atoms with E-state index < -0.39 is 59.0 Å². The predicted molar refractivity (Wildman–Crippen MR) is 140 cm³/mol. The minimum atomic E-state index is -4.83. The molecule has 12 heteroatoms. The molecule has 4 aliphatic rings. The average molecular weight is 591 g/mol. The van der Waals surface area contributed by atoms with Crippen LogP contribution in [0.15, 0.2) is 59.7 Å². The fraction of sp³-hybridized carbons (Fsp3) is 0.333. The van der Waals surface area contributed by atoms with Crippen LogP contribution in [0, 0.1) is 13.8 Å². The van der Waals surface area contributed by atoms with E-state index in [1.54, 1.807) is 50.2 Å². The number of rotatable bonds is 0. The van der Waals surface area contributed by atoms with Gasteiger partial charge in [-0.1, -0.05) is 36.4 Å². The molecule has 0 fully saturated rings. The number of anilines is 2. The lowest BCUT2D eigenvalue weighted by atomic mass is 10.0. The van der Waals surface area contributed by atoms with E-state index in [0.29, 0.717) is 36.4 Å². The number of amides is 2. The number of hydrogen-bond acceptors (Lipinski definition) is 4. The van der Waals surface area contributed by atoms with Crippen LogP contribution in [0.25, 0.3) is 0 Å². The SMILES string of the molecule is Cc1cccc2c1N1C(=O)C(C(F)(F)F)=CC(=O)C[C@@H]1C2.Cc1cccc2c1N1C(=O)C(C(F)(F)F)=CC(=O)C[C@@H]1C2. The number of halogens is 6. The number of aryl methyl sites for hydroxylation is 2. The molecule has 0 radical (unpaired) electrons. The van der Waals surface area contributed by atoms with E-state index in [2.05, 4.69) is 0 Å². The van der Waals surface area contributed by atoms with Crippen molar-refractivity contribution in [2.24, 2.45) is 0 Å². The zero-order chi connectivity index (χ0) is 30.7. The van der Waals surface area contributed by atoms with Crippen molar-refractivity contribution in [1.82, 2.24) is 0 Å². The van der Waals surface area contributed by atoms with Crippen LogP contribution >= 0.6 is 0 Å². The van der Waals surface area contributed by atoms with E-state index >= 15 is 0 Å². The lowest BCUT2D eigenvalue weighted by Gasteiger charge is -2.25. The Morgan fingerprint density at radius 2 is 0.952 bits per heavy atom. The van der Waals surface area contributed by atoms with Crippen molar-refractivity contribution in [1.29, 1.82) is 0 Å². The first-order valence-corrected chi connectivity index (χ1v) is 13.1. The summed E-state index contributed by atoms with van der Waals surface area (Å²) in [4.78, 5) is 50.4. The maximum atomic E-state index is 13.0. The van der Waals surface area contributed by atoms with Gasteiger partial charge in [-0.3, -0.25) is 19.2 Å². The second kappa shape index (κ2) is 10.2. The van der Waals surface area contributed by atoms with Crippen molar-refractivity contribution < 1.29 is 45.5 Å². The van der Waals surface area contributed by atoms with Crippen molar-refractivity contribution >= 4 is 34.8 Å². The molecule has 220 valence electrons. The lowest BCUT2D eigenvalue weighted by Crippen LogP contribution is -2.40. The van der Waals surface area contributed by atoms with Gasteiger partial charge in [0, 0.05) is 24.9 Å². The van der Waals surface area contributed by atoms with E-state index in [1.807, 2.05) is 0 Å². The summed E-state index contributed by atoms with van der Waals surface area (Å²) in [6.45, 7) is 3.50. The molecule has 0 spiro atoms. The molecule has 6 rings (SSSR count). The van der Waals surface area contributed by atoms with Crippen LogP contribution in [0.2, 0.25) is 0 Å². The molecule has 0 unspecified atom stereocenters. The molecule has 0 aliphatic carbocycles. The number of ketones is 2. The average Bonchev–Trinajstić information content (AvgIpc) is 3.36. The van der Waals surface area contributed by atoms with Crippen molar-refractivity contribution in [2.75, 3.05) is 9.80 Å². The molecule has 4 heterocycles. The largest absolute Gasteiger partial charge is 0.421 e. The van der Waals surface area contributed by atoms with E-state index in [9.17, 15) is 45.5 Å². The van der Waals surface area contributed by atoms with Gasteiger partial charge in [0.25, 0.3) is 11.8 Å². The van der Waals surface area contributed by atoms with Gasteiger partial charge in [0.15, 0.2) is 11.6 Å². The number of nitrogens with zero attached hydrogens (tertiary/aromatic N) is 2. The Hall–Kier alpha value is -4.22. The smallest absolute Gasteiger partial charge is 0.304 e. The van der Waals surface area contributed by atoms with Crippen molar-refractivity contribution in [3.63, 3.8) is 0 Å². The Labute approximate surface area is 236 Å².